The molecule has 100 valence electrons. The first-order valence-corrected chi connectivity index (χ1v) is 6.04. The van der Waals surface area contributed by atoms with Crippen molar-refractivity contribution >= 4 is 11.7 Å². The summed E-state index contributed by atoms with van der Waals surface area (Å²) in [5, 5.41) is 2.73. The van der Waals surface area contributed by atoms with Gasteiger partial charge in [0.25, 0.3) is 5.91 Å². The summed E-state index contributed by atoms with van der Waals surface area (Å²) in [6.07, 6.45) is 2.34. The van der Waals surface area contributed by atoms with E-state index in [0.29, 0.717) is 23.0 Å². The Bertz CT molecular complexity index is 592. The first-order valence-electron chi connectivity index (χ1n) is 6.04. The number of nitrogen functional groups attached to an aromatic ring is 1. The van der Waals surface area contributed by atoms with Gasteiger partial charge in [0.2, 0.25) is 5.89 Å². The third-order valence-corrected chi connectivity index (χ3v) is 2.59. The van der Waals surface area contributed by atoms with Crippen LogP contribution in [0.2, 0.25) is 0 Å². The summed E-state index contributed by atoms with van der Waals surface area (Å²) < 4.78 is 5.28. The number of pyridine rings is 1. The minimum Gasteiger partial charge on any atom is -0.444 e. The number of aryl methyl sites for hydroxylation is 2. The van der Waals surface area contributed by atoms with E-state index in [4.69, 9.17) is 10.2 Å². The summed E-state index contributed by atoms with van der Waals surface area (Å²) in [6.45, 7) is 4.00. The van der Waals surface area contributed by atoms with Crippen molar-refractivity contribution in [3.8, 4) is 0 Å². The molecule has 0 aliphatic rings. The highest BCUT2D eigenvalue weighted by atomic mass is 16.4. The number of nitrogens with zero attached hydrogens (tertiary/aromatic N) is 2. The zero-order valence-corrected chi connectivity index (χ0v) is 10.9. The molecule has 0 saturated heterocycles. The number of hydrogen-bond acceptors (Lipinski definition) is 5. The average molecular weight is 260 g/mol. The molecule has 0 bridgehead atoms. The number of anilines is 1. The molecule has 6 heteroatoms. The smallest absolute Gasteiger partial charge is 0.251 e. The van der Waals surface area contributed by atoms with Crippen molar-refractivity contribution in [2.24, 2.45) is 0 Å². The van der Waals surface area contributed by atoms with Gasteiger partial charge in [-0.25, -0.2) is 9.97 Å². The molecule has 0 unspecified atom stereocenters. The molecule has 2 aromatic rings. The third-order valence-electron chi connectivity index (χ3n) is 2.59. The predicted molar refractivity (Wildman–Crippen MR) is 70.4 cm³/mol. The molecule has 19 heavy (non-hydrogen) atoms. The summed E-state index contributed by atoms with van der Waals surface area (Å²) in [5.74, 6) is 1.31. The van der Waals surface area contributed by atoms with Gasteiger partial charge in [0.05, 0.1) is 12.7 Å². The summed E-state index contributed by atoms with van der Waals surface area (Å²) in [7, 11) is 0. The molecule has 0 spiro atoms. The Morgan fingerprint density at radius 2 is 2.26 bits per heavy atom. The minimum absolute atomic E-state index is 0.223. The maximum absolute atomic E-state index is 12.0. The van der Waals surface area contributed by atoms with Crippen LogP contribution in [-0.4, -0.2) is 15.9 Å². The lowest BCUT2D eigenvalue weighted by atomic mass is 10.2. The number of nitrogens with two attached hydrogens (primary N) is 1. The molecule has 2 aromatic heterocycles. The van der Waals surface area contributed by atoms with Gasteiger partial charge in [0.15, 0.2) is 0 Å². The van der Waals surface area contributed by atoms with E-state index in [0.717, 1.165) is 12.1 Å². The molecule has 0 fully saturated rings. The largest absolute Gasteiger partial charge is 0.444 e. The summed E-state index contributed by atoms with van der Waals surface area (Å²) in [4.78, 5) is 20.1. The molecule has 1 amide bonds. The van der Waals surface area contributed by atoms with Crippen molar-refractivity contribution in [1.29, 1.82) is 0 Å². The maximum atomic E-state index is 12.0. The number of aromatic nitrogens is 2. The number of hydrogen-bond donors (Lipinski definition) is 2. The van der Waals surface area contributed by atoms with Gasteiger partial charge in [-0.2, -0.15) is 0 Å². The van der Waals surface area contributed by atoms with E-state index in [1.54, 1.807) is 25.3 Å². The molecular formula is C13H16N4O2. The molecule has 0 radical (unpaired) electrons. The maximum Gasteiger partial charge on any atom is 0.251 e. The van der Waals surface area contributed by atoms with Crippen LogP contribution in [0.5, 0.6) is 0 Å². The Morgan fingerprint density at radius 1 is 1.47 bits per heavy atom. The van der Waals surface area contributed by atoms with Crippen LogP contribution in [0.3, 0.4) is 0 Å². The standard InChI is InChI=1S/C13H16N4O2/c1-3-10-4-9(5-11(14)17-10)13(18)16-7-12-15-6-8(2)19-12/h4-6H,3,7H2,1-2H3,(H2,14,17)(H,16,18). The van der Waals surface area contributed by atoms with E-state index in [9.17, 15) is 4.79 Å². The van der Waals surface area contributed by atoms with E-state index in [1.165, 1.54) is 0 Å². The number of carbonyl (C=O) groups excluding carboxylic acids is 1. The molecule has 0 saturated carbocycles. The fourth-order valence-corrected chi connectivity index (χ4v) is 1.66. The molecule has 0 aromatic carbocycles. The zero-order chi connectivity index (χ0) is 13.8. The Labute approximate surface area is 111 Å². The van der Waals surface area contributed by atoms with E-state index in [2.05, 4.69) is 15.3 Å². The Hall–Kier alpha value is -2.37. The van der Waals surface area contributed by atoms with Crippen LogP contribution >= 0.6 is 0 Å². The number of amides is 1. The normalized spacial score (nSPS) is 10.4. The molecular weight excluding hydrogens is 244 g/mol. The number of oxazole rings is 1. The van der Waals surface area contributed by atoms with Gasteiger partial charge in [-0.05, 0) is 25.5 Å². The lowest BCUT2D eigenvalue weighted by Crippen LogP contribution is -2.23. The van der Waals surface area contributed by atoms with Crippen LogP contribution < -0.4 is 11.1 Å². The van der Waals surface area contributed by atoms with Gasteiger partial charge in [0, 0.05) is 11.3 Å². The van der Waals surface area contributed by atoms with Crippen LogP contribution in [-0.2, 0) is 13.0 Å². The van der Waals surface area contributed by atoms with Gasteiger partial charge in [-0.1, -0.05) is 6.92 Å². The van der Waals surface area contributed by atoms with Gasteiger partial charge < -0.3 is 15.5 Å². The highest BCUT2D eigenvalue weighted by Crippen LogP contribution is 2.09. The highest BCUT2D eigenvalue weighted by Gasteiger charge is 2.09. The van der Waals surface area contributed by atoms with E-state index in [-0.39, 0.29) is 12.5 Å². The van der Waals surface area contributed by atoms with Gasteiger partial charge >= 0.3 is 0 Å². The van der Waals surface area contributed by atoms with Crippen molar-refractivity contribution in [2.45, 2.75) is 26.8 Å². The van der Waals surface area contributed by atoms with Crippen molar-refractivity contribution in [3.63, 3.8) is 0 Å². The second-order valence-corrected chi connectivity index (χ2v) is 4.17. The van der Waals surface area contributed by atoms with E-state index >= 15 is 0 Å². The molecule has 3 N–H and O–H groups in total. The number of carbonyl (C=O) groups is 1. The molecule has 2 heterocycles. The third kappa shape index (κ3) is 3.31. The Morgan fingerprint density at radius 3 is 2.89 bits per heavy atom. The molecule has 2 rings (SSSR count). The second kappa shape index (κ2) is 5.51. The topological polar surface area (TPSA) is 94.0 Å². The van der Waals surface area contributed by atoms with E-state index < -0.39 is 0 Å². The zero-order valence-electron chi connectivity index (χ0n) is 10.9. The second-order valence-electron chi connectivity index (χ2n) is 4.17. The quantitative estimate of drug-likeness (QED) is 0.867. The SMILES string of the molecule is CCc1cc(C(=O)NCc2ncc(C)o2)cc(N)n1. The summed E-state index contributed by atoms with van der Waals surface area (Å²) in [5.41, 5.74) is 6.94. The van der Waals surface area contributed by atoms with Gasteiger partial charge in [-0.15, -0.1) is 0 Å². The first kappa shape index (κ1) is 13.1. The minimum atomic E-state index is -0.223. The lowest BCUT2D eigenvalue weighted by Gasteiger charge is -2.05. The number of rotatable bonds is 4. The molecule has 0 aliphatic heterocycles. The van der Waals surface area contributed by atoms with Crippen molar-refractivity contribution in [1.82, 2.24) is 15.3 Å². The molecule has 6 nitrogen and oxygen atoms in total. The fourth-order valence-electron chi connectivity index (χ4n) is 1.66. The van der Waals surface area contributed by atoms with E-state index in [1.807, 2.05) is 6.92 Å². The van der Waals surface area contributed by atoms with Crippen molar-refractivity contribution in [2.75, 3.05) is 5.73 Å². The van der Waals surface area contributed by atoms with Gasteiger partial charge in [0.1, 0.15) is 11.6 Å². The fraction of sp³-hybridized carbons (Fsp3) is 0.308. The summed E-state index contributed by atoms with van der Waals surface area (Å²) >= 11 is 0. The lowest BCUT2D eigenvalue weighted by molar-refractivity contribution is 0.0947. The van der Waals surface area contributed by atoms with Crippen LogP contribution in [0.4, 0.5) is 5.82 Å². The summed E-state index contributed by atoms with van der Waals surface area (Å²) in [6, 6.07) is 3.28. The highest BCUT2D eigenvalue weighted by molar-refractivity contribution is 5.94. The van der Waals surface area contributed by atoms with Crippen LogP contribution in [0.25, 0.3) is 0 Å². The molecule has 0 aliphatic carbocycles. The number of nitrogens with one attached hydrogen (secondary N) is 1. The van der Waals surface area contributed by atoms with Gasteiger partial charge in [-0.3, -0.25) is 4.79 Å². The van der Waals surface area contributed by atoms with Crippen LogP contribution in [0.15, 0.2) is 22.7 Å². The first-order chi connectivity index (χ1) is 9.08. The van der Waals surface area contributed by atoms with Crippen LogP contribution in [0, 0.1) is 6.92 Å². The Kier molecular flexibility index (Phi) is 3.79. The average Bonchev–Trinajstić information content (AvgIpc) is 2.81. The van der Waals surface area contributed by atoms with Crippen molar-refractivity contribution < 1.29 is 9.21 Å². The molecule has 0 atom stereocenters. The van der Waals surface area contributed by atoms with Crippen LogP contribution in [0.1, 0.15) is 34.6 Å². The van der Waals surface area contributed by atoms with Crippen molar-refractivity contribution in [3.05, 3.63) is 41.2 Å². The monoisotopic (exact) mass is 260 g/mol. The predicted octanol–water partition coefficient (Wildman–Crippen LogP) is 1.45. The Balaban J connectivity index is 2.05.